The highest BCUT2D eigenvalue weighted by Gasteiger charge is 2.20. The minimum absolute atomic E-state index is 0.201. The van der Waals surface area contributed by atoms with Gasteiger partial charge in [-0.3, -0.25) is 14.2 Å². The van der Waals surface area contributed by atoms with Crippen LogP contribution in [-0.4, -0.2) is 22.6 Å². The lowest BCUT2D eigenvalue weighted by molar-refractivity contribution is 0.100. The van der Waals surface area contributed by atoms with Crippen molar-refractivity contribution in [3.8, 4) is 11.8 Å². The van der Waals surface area contributed by atoms with E-state index in [2.05, 4.69) is 11.1 Å². The molecule has 0 fully saturated rings. The topological polar surface area (TPSA) is 111 Å². The number of hydrogen-bond acceptors (Lipinski definition) is 6. The predicted molar refractivity (Wildman–Crippen MR) is 108 cm³/mol. The van der Waals surface area contributed by atoms with Crippen molar-refractivity contribution in [3.05, 3.63) is 56.4 Å². The Morgan fingerprint density at radius 3 is 2.68 bits per heavy atom. The van der Waals surface area contributed by atoms with Crippen LogP contribution in [-0.2, 0) is 13.0 Å². The van der Waals surface area contributed by atoms with Gasteiger partial charge in [-0.1, -0.05) is 12.1 Å². The third kappa shape index (κ3) is 3.75. The van der Waals surface area contributed by atoms with Crippen LogP contribution in [0.3, 0.4) is 0 Å². The van der Waals surface area contributed by atoms with Crippen molar-refractivity contribution < 1.29 is 9.53 Å². The number of aromatic nitrogens is 2. The summed E-state index contributed by atoms with van der Waals surface area (Å²) in [6, 6.07) is 9.65. The number of nitriles is 1. The van der Waals surface area contributed by atoms with Crippen LogP contribution in [0.25, 0.3) is 10.2 Å². The van der Waals surface area contributed by atoms with Crippen LogP contribution in [0.4, 0.5) is 0 Å². The highest BCUT2D eigenvalue weighted by Crippen LogP contribution is 2.27. The molecule has 3 aromatic rings. The summed E-state index contributed by atoms with van der Waals surface area (Å²) in [4.78, 5) is 30.4. The van der Waals surface area contributed by atoms with Crippen molar-refractivity contribution in [3.63, 3.8) is 0 Å². The van der Waals surface area contributed by atoms with Crippen LogP contribution in [0.5, 0.6) is 5.75 Å². The Kier molecular flexibility index (Phi) is 5.76. The average molecular weight is 396 g/mol. The van der Waals surface area contributed by atoms with Gasteiger partial charge in [0.05, 0.1) is 23.4 Å². The molecule has 0 saturated carbocycles. The number of unbranched alkanes of at least 4 members (excludes halogenated alkanes) is 1. The summed E-state index contributed by atoms with van der Waals surface area (Å²) >= 11 is 1.14. The lowest BCUT2D eigenvalue weighted by atomic mass is 10.1. The molecule has 8 heteroatoms. The second-order valence-electron chi connectivity index (χ2n) is 6.37. The van der Waals surface area contributed by atoms with E-state index in [1.54, 1.807) is 18.6 Å². The number of fused-ring (bicyclic) bond motifs is 1. The molecule has 0 aliphatic carbocycles. The highest BCUT2D eigenvalue weighted by molar-refractivity contribution is 7.20. The quantitative estimate of drug-likeness (QED) is 0.617. The first-order chi connectivity index (χ1) is 13.5. The van der Waals surface area contributed by atoms with Gasteiger partial charge in [-0.15, -0.1) is 11.3 Å². The third-order valence-electron chi connectivity index (χ3n) is 4.54. The predicted octanol–water partition coefficient (Wildman–Crippen LogP) is 2.77. The number of rotatable bonds is 7. The Hall–Kier alpha value is -3.18. The minimum atomic E-state index is -0.562. The van der Waals surface area contributed by atoms with Gasteiger partial charge in [-0.25, -0.2) is 4.98 Å². The number of primary amides is 1. The molecule has 0 aliphatic heterocycles. The Labute approximate surface area is 166 Å². The van der Waals surface area contributed by atoms with Gasteiger partial charge in [0.1, 0.15) is 16.4 Å². The fourth-order valence-electron chi connectivity index (χ4n) is 3.10. The SMILES string of the molecule is COc1ccc(Cc2nc3sc(C(N)=O)c(C)c3c(=O)n2CCCC#N)cc1. The number of hydrogen-bond donors (Lipinski definition) is 1. The molecule has 0 aliphatic rings. The van der Waals surface area contributed by atoms with Crippen molar-refractivity contribution in [2.75, 3.05) is 7.11 Å². The van der Waals surface area contributed by atoms with Gasteiger partial charge in [-0.2, -0.15) is 5.26 Å². The van der Waals surface area contributed by atoms with Crippen LogP contribution in [0.1, 0.15) is 39.5 Å². The Bertz CT molecular complexity index is 1120. The Morgan fingerprint density at radius 1 is 1.36 bits per heavy atom. The van der Waals surface area contributed by atoms with Crippen molar-refractivity contribution in [2.24, 2.45) is 5.73 Å². The van der Waals surface area contributed by atoms with Gasteiger partial charge in [0.2, 0.25) is 0 Å². The maximum atomic E-state index is 13.2. The van der Waals surface area contributed by atoms with Gasteiger partial charge in [-0.05, 0) is 36.6 Å². The fraction of sp³-hybridized carbons (Fsp3) is 0.300. The largest absolute Gasteiger partial charge is 0.497 e. The number of amides is 1. The van der Waals surface area contributed by atoms with E-state index in [-0.39, 0.29) is 5.56 Å². The summed E-state index contributed by atoms with van der Waals surface area (Å²) in [5, 5.41) is 9.26. The molecule has 0 bridgehead atoms. The average Bonchev–Trinajstić information content (AvgIpc) is 3.01. The number of carbonyl (C=O) groups is 1. The van der Waals surface area contributed by atoms with Crippen molar-refractivity contribution >= 4 is 27.5 Å². The number of nitrogens with zero attached hydrogens (tertiary/aromatic N) is 3. The van der Waals surface area contributed by atoms with Crippen LogP contribution >= 0.6 is 11.3 Å². The number of aryl methyl sites for hydroxylation is 1. The smallest absolute Gasteiger partial charge is 0.262 e. The zero-order valence-corrected chi connectivity index (χ0v) is 16.5. The van der Waals surface area contributed by atoms with E-state index in [1.807, 2.05) is 24.3 Å². The molecule has 144 valence electrons. The molecule has 2 heterocycles. The second-order valence-corrected chi connectivity index (χ2v) is 7.37. The van der Waals surface area contributed by atoms with E-state index in [4.69, 9.17) is 15.7 Å². The number of nitrogens with two attached hydrogens (primary N) is 1. The molecule has 0 saturated heterocycles. The molecule has 28 heavy (non-hydrogen) atoms. The van der Waals surface area contributed by atoms with Crippen LogP contribution in [0.2, 0.25) is 0 Å². The van der Waals surface area contributed by atoms with E-state index in [1.165, 1.54) is 0 Å². The maximum absolute atomic E-state index is 13.2. The molecular weight excluding hydrogens is 376 g/mol. The monoisotopic (exact) mass is 396 g/mol. The normalized spacial score (nSPS) is 10.8. The molecule has 0 unspecified atom stereocenters. The van der Waals surface area contributed by atoms with Crippen LogP contribution in [0.15, 0.2) is 29.1 Å². The van der Waals surface area contributed by atoms with Crippen LogP contribution < -0.4 is 16.0 Å². The van der Waals surface area contributed by atoms with Gasteiger partial charge in [0, 0.05) is 19.4 Å². The zero-order chi connectivity index (χ0) is 20.3. The molecule has 0 radical (unpaired) electrons. The maximum Gasteiger partial charge on any atom is 0.262 e. The standard InChI is InChI=1S/C20H20N4O3S/c1-12-16-19(28-17(12)18(22)25)23-15(24(20(16)26)10-4-3-9-21)11-13-5-7-14(27-2)8-6-13/h5-8H,3-4,10-11H2,1-2H3,(H2,22,25). The van der Waals surface area contributed by atoms with Crippen molar-refractivity contribution in [2.45, 2.75) is 32.7 Å². The molecule has 7 nitrogen and oxygen atoms in total. The third-order valence-corrected chi connectivity index (χ3v) is 5.75. The lowest BCUT2D eigenvalue weighted by Crippen LogP contribution is -2.25. The summed E-state index contributed by atoms with van der Waals surface area (Å²) in [6.07, 6.45) is 1.34. The molecule has 1 amide bonds. The molecule has 2 N–H and O–H groups in total. The number of benzene rings is 1. The number of methoxy groups -OCH3 is 1. The van der Waals surface area contributed by atoms with E-state index < -0.39 is 5.91 Å². The number of thiophene rings is 1. The van der Waals surface area contributed by atoms with Crippen molar-refractivity contribution in [1.82, 2.24) is 9.55 Å². The summed E-state index contributed by atoms with van der Waals surface area (Å²) in [5.74, 6) is 0.782. The first kappa shape index (κ1) is 19.6. The van der Waals surface area contributed by atoms with E-state index in [0.29, 0.717) is 52.3 Å². The zero-order valence-electron chi connectivity index (χ0n) is 15.7. The molecule has 3 rings (SSSR count). The fourth-order valence-corrected chi connectivity index (χ4v) is 4.14. The lowest BCUT2D eigenvalue weighted by Gasteiger charge is -2.12. The second kappa shape index (κ2) is 8.23. The summed E-state index contributed by atoms with van der Waals surface area (Å²) in [5.41, 5.74) is 6.78. The summed E-state index contributed by atoms with van der Waals surface area (Å²) in [6.45, 7) is 2.10. The molecular formula is C20H20N4O3S. The minimum Gasteiger partial charge on any atom is -0.497 e. The van der Waals surface area contributed by atoms with E-state index in [9.17, 15) is 9.59 Å². The first-order valence-electron chi connectivity index (χ1n) is 8.78. The Morgan fingerprint density at radius 2 is 2.07 bits per heavy atom. The van der Waals surface area contributed by atoms with E-state index >= 15 is 0 Å². The van der Waals surface area contributed by atoms with Crippen molar-refractivity contribution in [1.29, 1.82) is 5.26 Å². The molecule has 0 atom stereocenters. The number of ether oxygens (including phenoxy) is 1. The van der Waals surface area contributed by atoms with Gasteiger partial charge >= 0.3 is 0 Å². The van der Waals surface area contributed by atoms with Gasteiger partial charge < -0.3 is 10.5 Å². The van der Waals surface area contributed by atoms with Gasteiger partial charge in [0.15, 0.2) is 0 Å². The highest BCUT2D eigenvalue weighted by atomic mass is 32.1. The molecule has 0 spiro atoms. The first-order valence-corrected chi connectivity index (χ1v) is 9.60. The number of carbonyl (C=O) groups excluding carboxylic acids is 1. The van der Waals surface area contributed by atoms with E-state index in [0.717, 1.165) is 22.6 Å². The van der Waals surface area contributed by atoms with Crippen LogP contribution in [0, 0.1) is 18.3 Å². The van der Waals surface area contributed by atoms with Gasteiger partial charge in [0.25, 0.3) is 11.5 Å². The molecule has 1 aromatic carbocycles. The molecule has 2 aromatic heterocycles. The Balaban J connectivity index is 2.12. The summed E-state index contributed by atoms with van der Waals surface area (Å²) < 4.78 is 6.79. The summed E-state index contributed by atoms with van der Waals surface area (Å²) in [7, 11) is 1.60.